The van der Waals surface area contributed by atoms with Crippen molar-refractivity contribution in [2.45, 2.75) is 16.0 Å². The predicted molar refractivity (Wildman–Crippen MR) is 75.9 cm³/mol. The smallest absolute Gasteiger partial charge is 0.375 e. The highest BCUT2D eigenvalue weighted by atomic mass is 32.2. The van der Waals surface area contributed by atoms with Crippen LogP contribution in [-0.2, 0) is 15.6 Å². The summed E-state index contributed by atoms with van der Waals surface area (Å²) >= 11 is 0.870. The van der Waals surface area contributed by atoms with Gasteiger partial charge in [0.25, 0.3) is 0 Å². The lowest BCUT2D eigenvalue weighted by atomic mass is 9.93. The lowest BCUT2D eigenvalue weighted by Gasteiger charge is -2.31. The molecule has 0 fully saturated rings. The molecule has 1 aromatic heterocycles. The minimum atomic E-state index is -5.04. The average Bonchev–Trinajstić information content (AvgIpc) is 2.99. The highest BCUT2D eigenvalue weighted by Crippen LogP contribution is 2.38. The van der Waals surface area contributed by atoms with Crippen molar-refractivity contribution in [1.29, 1.82) is 0 Å². The third-order valence-electron chi connectivity index (χ3n) is 3.00. The minimum absolute atomic E-state index is 0.120. The van der Waals surface area contributed by atoms with Crippen LogP contribution in [0.1, 0.15) is 5.56 Å². The Kier molecular flexibility index (Phi) is 4.62. The Hall–Kier alpha value is -1.42. The van der Waals surface area contributed by atoms with Gasteiger partial charge >= 0.3 is 6.18 Å². The van der Waals surface area contributed by atoms with E-state index < -0.39 is 33.9 Å². The molecule has 0 aliphatic heterocycles. The SMILES string of the molecule is O=S(=O)(NC[C@@](O)(c1ccccc1)C(F)(F)F)c1cccs1. The number of nitrogens with one attached hydrogen (secondary N) is 1. The first-order chi connectivity index (χ1) is 10.2. The third-order valence-corrected chi connectivity index (χ3v) is 5.80. The molecule has 0 spiro atoms. The zero-order valence-corrected chi connectivity index (χ0v) is 12.7. The van der Waals surface area contributed by atoms with Gasteiger partial charge in [0.15, 0.2) is 5.60 Å². The van der Waals surface area contributed by atoms with E-state index in [0.29, 0.717) is 0 Å². The van der Waals surface area contributed by atoms with Crippen LogP contribution in [0.3, 0.4) is 0 Å². The van der Waals surface area contributed by atoms with Gasteiger partial charge in [0.1, 0.15) is 4.21 Å². The van der Waals surface area contributed by atoms with E-state index >= 15 is 0 Å². The van der Waals surface area contributed by atoms with Gasteiger partial charge in [-0.3, -0.25) is 0 Å². The Morgan fingerprint density at radius 2 is 1.73 bits per heavy atom. The van der Waals surface area contributed by atoms with Gasteiger partial charge in [0.05, 0.1) is 6.54 Å². The second kappa shape index (κ2) is 5.99. The molecule has 120 valence electrons. The normalized spacial score (nSPS) is 15.5. The number of halogens is 3. The van der Waals surface area contributed by atoms with E-state index in [1.54, 1.807) is 0 Å². The van der Waals surface area contributed by atoms with E-state index in [1.165, 1.54) is 35.7 Å². The molecule has 22 heavy (non-hydrogen) atoms. The van der Waals surface area contributed by atoms with E-state index in [-0.39, 0.29) is 4.21 Å². The highest BCUT2D eigenvalue weighted by molar-refractivity contribution is 7.91. The van der Waals surface area contributed by atoms with Crippen molar-refractivity contribution in [3.05, 3.63) is 53.4 Å². The molecule has 1 heterocycles. The summed E-state index contributed by atoms with van der Waals surface area (Å²) in [7, 11) is -4.11. The Balaban J connectivity index is 2.30. The molecule has 0 saturated carbocycles. The topological polar surface area (TPSA) is 66.4 Å². The Morgan fingerprint density at radius 3 is 2.23 bits per heavy atom. The average molecular weight is 351 g/mol. The molecule has 2 aromatic rings. The first kappa shape index (κ1) is 16.9. The van der Waals surface area contributed by atoms with Crippen molar-refractivity contribution < 1.29 is 26.7 Å². The molecule has 9 heteroatoms. The molecule has 0 amide bonds. The number of hydrogen-bond acceptors (Lipinski definition) is 4. The number of thiophene rings is 1. The molecule has 0 aliphatic rings. The van der Waals surface area contributed by atoms with Crippen molar-refractivity contribution in [3.63, 3.8) is 0 Å². The van der Waals surface area contributed by atoms with Crippen molar-refractivity contribution in [1.82, 2.24) is 4.72 Å². The summed E-state index contributed by atoms with van der Waals surface area (Å²) in [5.41, 5.74) is -3.74. The molecule has 1 atom stereocenters. The number of hydrogen-bond donors (Lipinski definition) is 2. The second-order valence-electron chi connectivity index (χ2n) is 4.48. The first-order valence-corrected chi connectivity index (χ1v) is 8.41. The molecule has 0 radical (unpaired) electrons. The summed E-state index contributed by atoms with van der Waals surface area (Å²) in [6.07, 6.45) is -5.04. The van der Waals surface area contributed by atoms with Crippen LogP contribution >= 0.6 is 11.3 Å². The summed E-state index contributed by atoms with van der Waals surface area (Å²) < 4.78 is 65.2. The molecular weight excluding hydrogens is 339 g/mol. The van der Waals surface area contributed by atoms with Gasteiger partial charge in [-0.25, -0.2) is 13.1 Å². The van der Waals surface area contributed by atoms with Crippen molar-refractivity contribution in [3.8, 4) is 0 Å². The summed E-state index contributed by atoms with van der Waals surface area (Å²) in [4.78, 5) is 0. The number of aliphatic hydroxyl groups is 1. The predicted octanol–water partition coefficient (Wildman–Crippen LogP) is 2.48. The second-order valence-corrected chi connectivity index (χ2v) is 7.42. The fourth-order valence-corrected chi connectivity index (χ4v) is 3.86. The highest BCUT2D eigenvalue weighted by Gasteiger charge is 2.55. The lowest BCUT2D eigenvalue weighted by molar-refractivity contribution is -0.263. The molecular formula is C13H12F3NO3S2. The monoisotopic (exact) mass is 351 g/mol. The zero-order chi connectivity index (χ0) is 16.4. The Morgan fingerprint density at radius 1 is 1.09 bits per heavy atom. The third kappa shape index (κ3) is 3.32. The van der Waals surface area contributed by atoms with Crippen molar-refractivity contribution in [2.24, 2.45) is 0 Å². The van der Waals surface area contributed by atoms with Crippen LogP contribution in [0.25, 0.3) is 0 Å². The van der Waals surface area contributed by atoms with E-state index in [4.69, 9.17) is 0 Å². The van der Waals surface area contributed by atoms with E-state index in [1.807, 2.05) is 4.72 Å². The molecule has 0 bridgehead atoms. The lowest BCUT2D eigenvalue weighted by Crippen LogP contribution is -2.50. The summed E-state index contributed by atoms with van der Waals surface area (Å²) in [6, 6.07) is 9.07. The van der Waals surface area contributed by atoms with Gasteiger partial charge in [-0.2, -0.15) is 13.2 Å². The van der Waals surface area contributed by atoms with Gasteiger partial charge in [0, 0.05) is 0 Å². The Labute approximate surface area is 129 Å². The summed E-state index contributed by atoms with van der Waals surface area (Å²) in [5, 5.41) is 11.5. The summed E-state index contributed by atoms with van der Waals surface area (Å²) in [6.45, 7) is -1.21. The van der Waals surface area contributed by atoms with Gasteiger partial charge < -0.3 is 5.11 Å². The number of rotatable bonds is 5. The van der Waals surface area contributed by atoms with Crippen LogP contribution < -0.4 is 4.72 Å². The van der Waals surface area contributed by atoms with Gasteiger partial charge in [-0.1, -0.05) is 36.4 Å². The zero-order valence-electron chi connectivity index (χ0n) is 11.0. The van der Waals surface area contributed by atoms with Gasteiger partial charge in [-0.05, 0) is 17.0 Å². The van der Waals surface area contributed by atoms with Crippen LogP contribution in [0.4, 0.5) is 13.2 Å². The van der Waals surface area contributed by atoms with Crippen molar-refractivity contribution in [2.75, 3.05) is 6.54 Å². The molecule has 1 aromatic carbocycles. The maximum Gasteiger partial charge on any atom is 0.422 e. The molecule has 2 N–H and O–H groups in total. The van der Waals surface area contributed by atoms with E-state index in [2.05, 4.69) is 0 Å². The minimum Gasteiger partial charge on any atom is -0.375 e. The number of alkyl halides is 3. The van der Waals surface area contributed by atoms with Crippen molar-refractivity contribution >= 4 is 21.4 Å². The summed E-state index contributed by atoms with van der Waals surface area (Å²) in [5.74, 6) is 0. The molecule has 0 unspecified atom stereocenters. The van der Waals surface area contributed by atoms with Crippen LogP contribution in [0.2, 0.25) is 0 Å². The largest absolute Gasteiger partial charge is 0.422 e. The number of benzene rings is 1. The van der Waals surface area contributed by atoms with Crippen LogP contribution in [-0.4, -0.2) is 26.2 Å². The van der Waals surface area contributed by atoms with Crippen LogP contribution in [0.5, 0.6) is 0 Å². The van der Waals surface area contributed by atoms with Gasteiger partial charge in [0.2, 0.25) is 10.0 Å². The van der Waals surface area contributed by atoms with Crippen LogP contribution in [0, 0.1) is 0 Å². The fourth-order valence-electron chi connectivity index (χ4n) is 1.77. The standard InChI is InChI=1S/C13H12F3NO3S2/c14-13(15,16)12(18,10-5-2-1-3-6-10)9-17-22(19,20)11-7-4-8-21-11/h1-8,17-18H,9H2/t12-/m1/s1. The molecule has 0 saturated heterocycles. The molecule has 0 aliphatic carbocycles. The van der Waals surface area contributed by atoms with E-state index in [0.717, 1.165) is 23.5 Å². The van der Waals surface area contributed by atoms with E-state index in [9.17, 15) is 26.7 Å². The fraction of sp³-hybridized carbons (Fsp3) is 0.231. The van der Waals surface area contributed by atoms with Crippen LogP contribution in [0.15, 0.2) is 52.1 Å². The Bertz CT molecular complexity index is 715. The molecule has 2 rings (SSSR count). The quantitative estimate of drug-likeness (QED) is 0.870. The maximum absolute atomic E-state index is 13.2. The maximum atomic E-state index is 13.2. The molecule has 4 nitrogen and oxygen atoms in total. The first-order valence-electron chi connectivity index (χ1n) is 6.05. The number of sulfonamides is 1. The van der Waals surface area contributed by atoms with Gasteiger partial charge in [-0.15, -0.1) is 11.3 Å².